The Labute approximate surface area is 82.9 Å². The van der Waals surface area contributed by atoms with E-state index in [1.54, 1.807) is 0 Å². The number of aromatic amines is 1. The molecule has 0 aromatic carbocycles. The molecule has 4 heteroatoms. The number of aromatic nitrogens is 2. The molecule has 0 amide bonds. The molecule has 13 heavy (non-hydrogen) atoms. The van der Waals surface area contributed by atoms with Crippen LogP contribution in [0.15, 0.2) is 12.4 Å². The zero-order valence-electron chi connectivity index (χ0n) is 7.86. The van der Waals surface area contributed by atoms with Crippen molar-refractivity contribution < 1.29 is 0 Å². The quantitative estimate of drug-likeness (QED) is 0.776. The van der Waals surface area contributed by atoms with Gasteiger partial charge < -0.3 is 4.98 Å². The molecular formula is C9H15N3S. The third kappa shape index (κ3) is 2.25. The van der Waals surface area contributed by atoms with E-state index < -0.39 is 0 Å². The highest BCUT2D eigenvalue weighted by Crippen LogP contribution is 2.17. The van der Waals surface area contributed by atoms with Gasteiger partial charge in [0.25, 0.3) is 0 Å². The Morgan fingerprint density at radius 1 is 1.77 bits per heavy atom. The molecule has 0 radical (unpaired) electrons. The predicted octanol–water partition coefficient (Wildman–Crippen LogP) is 1.35. The molecule has 0 bridgehead atoms. The molecule has 1 fully saturated rings. The zero-order chi connectivity index (χ0) is 9.10. The molecule has 0 aliphatic carbocycles. The first-order valence-corrected chi connectivity index (χ1v) is 5.82. The minimum atomic E-state index is 0.684. The highest BCUT2D eigenvalue weighted by molar-refractivity contribution is 7.99. The molecule has 3 nitrogen and oxygen atoms in total. The molecule has 0 spiro atoms. The molecule has 1 aliphatic heterocycles. The first-order chi connectivity index (χ1) is 6.36. The number of imidazole rings is 1. The van der Waals surface area contributed by atoms with Crippen molar-refractivity contribution in [2.75, 3.05) is 18.1 Å². The van der Waals surface area contributed by atoms with Crippen LogP contribution >= 0.6 is 11.8 Å². The van der Waals surface area contributed by atoms with Gasteiger partial charge in [-0.25, -0.2) is 4.98 Å². The van der Waals surface area contributed by atoms with Gasteiger partial charge in [-0.2, -0.15) is 11.8 Å². The topological polar surface area (TPSA) is 31.9 Å². The number of hydrogen-bond acceptors (Lipinski definition) is 3. The van der Waals surface area contributed by atoms with Crippen molar-refractivity contribution in [1.29, 1.82) is 0 Å². The van der Waals surface area contributed by atoms with Crippen molar-refractivity contribution in [3.05, 3.63) is 18.2 Å². The molecule has 1 aromatic heterocycles. The van der Waals surface area contributed by atoms with E-state index in [1.807, 2.05) is 24.2 Å². The molecule has 0 saturated carbocycles. The van der Waals surface area contributed by atoms with Gasteiger partial charge in [-0.3, -0.25) is 4.90 Å². The van der Waals surface area contributed by atoms with Crippen molar-refractivity contribution in [3.63, 3.8) is 0 Å². The van der Waals surface area contributed by atoms with E-state index in [0.717, 1.165) is 12.4 Å². The highest BCUT2D eigenvalue weighted by Gasteiger charge is 2.18. The number of thioether (sulfide) groups is 1. The van der Waals surface area contributed by atoms with E-state index in [-0.39, 0.29) is 0 Å². The van der Waals surface area contributed by atoms with Crippen molar-refractivity contribution >= 4 is 11.8 Å². The van der Waals surface area contributed by atoms with Gasteiger partial charge in [0, 0.05) is 36.5 Å². The second-order valence-corrected chi connectivity index (χ2v) is 4.58. The van der Waals surface area contributed by atoms with Crippen LogP contribution in [0.3, 0.4) is 0 Å². The van der Waals surface area contributed by atoms with Crippen molar-refractivity contribution in [3.8, 4) is 0 Å². The monoisotopic (exact) mass is 197 g/mol. The largest absolute Gasteiger partial charge is 0.348 e. The third-order valence-corrected chi connectivity index (χ3v) is 3.60. The SMILES string of the molecule is CC1CSCCN1Cc1ncc[nH]1. The molecule has 2 rings (SSSR count). The summed E-state index contributed by atoms with van der Waals surface area (Å²) in [4.78, 5) is 9.87. The van der Waals surface area contributed by atoms with E-state index in [1.165, 1.54) is 18.1 Å². The van der Waals surface area contributed by atoms with Gasteiger partial charge in [0.05, 0.1) is 6.54 Å². The van der Waals surface area contributed by atoms with Crippen molar-refractivity contribution in [1.82, 2.24) is 14.9 Å². The van der Waals surface area contributed by atoms with Crippen LogP contribution in [0.4, 0.5) is 0 Å². The number of H-pyrrole nitrogens is 1. The van der Waals surface area contributed by atoms with Crippen LogP contribution in [-0.2, 0) is 6.54 Å². The molecule has 1 atom stereocenters. The average molecular weight is 197 g/mol. The van der Waals surface area contributed by atoms with Gasteiger partial charge >= 0.3 is 0 Å². The van der Waals surface area contributed by atoms with E-state index in [4.69, 9.17) is 0 Å². The van der Waals surface area contributed by atoms with E-state index in [9.17, 15) is 0 Å². The zero-order valence-corrected chi connectivity index (χ0v) is 8.68. The summed E-state index contributed by atoms with van der Waals surface area (Å²) in [6.07, 6.45) is 3.71. The summed E-state index contributed by atoms with van der Waals surface area (Å²) in [5.74, 6) is 3.59. The molecule has 2 heterocycles. The third-order valence-electron chi connectivity index (χ3n) is 2.41. The molecule has 1 aromatic rings. The fraction of sp³-hybridized carbons (Fsp3) is 0.667. The Morgan fingerprint density at radius 3 is 3.38 bits per heavy atom. The van der Waals surface area contributed by atoms with Gasteiger partial charge in [-0.1, -0.05) is 0 Å². The predicted molar refractivity (Wildman–Crippen MR) is 55.8 cm³/mol. The number of hydrogen-bond donors (Lipinski definition) is 1. The first kappa shape index (κ1) is 9.09. The Hall–Kier alpha value is -0.480. The molecular weight excluding hydrogens is 182 g/mol. The lowest BCUT2D eigenvalue weighted by Gasteiger charge is -2.32. The Morgan fingerprint density at radius 2 is 2.69 bits per heavy atom. The summed E-state index contributed by atoms with van der Waals surface area (Å²) in [5.41, 5.74) is 0. The van der Waals surface area contributed by atoms with E-state index in [0.29, 0.717) is 6.04 Å². The molecule has 1 saturated heterocycles. The maximum Gasteiger partial charge on any atom is 0.120 e. The summed E-state index contributed by atoms with van der Waals surface area (Å²) in [6.45, 7) is 4.44. The lowest BCUT2D eigenvalue weighted by molar-refractivity contribution is 0.219. The van der Waals surface area contributed by atoms with Crippen LogP contribution in [-0.4, -0.2) is 39.0 Å². The van der Waals surface area contributed by atoms with E-state index >= 15 is 0 Å². The van der Waals surface area contributed by atoms with Crippen LogP contribution in [0.5, 0.6) is 0 Å². The van der Waals surface area contributed by atoms with Crippen molar-refractivity contribution in [2.45, 2.75) is 19.5 Å². The summed E-state index contributed by atoms with van der Waals surface area (Å²) < 4.78 is 0. The second-order valence-electron chi connectivity index (χ2n) is 3.43. The van der Waals surface area contributed by atoms with Crippen LogP contribution in [0.1, 0.15) is 12.7 Å². The summed E-state index contributed by atoms with van der Waals surface area (Å²) >= 11 is 2.05. The second kappa shape index (κ2) is 4.15. The van der Waals surface area contributed by atoms with Crippen molar-refractivity contribution in [2.24, 2.45) is 0 Å². The molecule has 1 N–H and O–H groups in total. The fourth-order valence-electron chi connectivity index (χ4n) is 1.57. The van der Waals surface area contributed by atoms with Crippen LogP contribution in [0.25, 0.3) is 0 Å². The first-order valence-electron chi connectivity index (χ1n) is 4.66. The standard InChI is InChI=1S/C9H15N3S/c1-8-7-13-5-4-12(8)6-9-10-2-3-11-9/h2-3,8H,4-7H2,1H3,(H,10,11). The maximum atomic E-state index is 4.24. The van der Waals surface area contributed by atoms with Gasteiger partial charge in [-0.05, 0) is 6.92 Å². The van der Waals surface area contributed by atoms with Gasteiger partial charge in [0.1, 0.15) is 5.82 Å². The maximum absolute atomic E-state index is 4.24. The highest BCUT2D eigenvalue weighted by atomic mass is 32.2. The smallest absolute Gasteiger partial charge is 0.120 e. The molecule has 1 unspecified atom stereocenters. The van der Waals surface area contributed by atoms with Crippen LogP contribution in [0, 0.1) is 0 Å². The number of nitrogens with zero attached hydrogens (tertiary/aromatic N) is 2. The number of nitrogens with one attached hydrogen (secondary N) is 1. The summed E-state index contributed by atoms with van der Waals surface area (Å²) in [5, 5.41) is 0. The summed E-state index contributed by atoms with van der Waals surface area (Å²) in [7, 11) is 0. The minimum Gasteiger partial charge on any atom is -0.348 e. The number of rotatable bonds is 2. The Balaban J connectivity index is 1.93. The Kier molecular flexibility index (Phi) is 2.90. The minimum absolute atomic E-state index is 0.684. The molecule has 1 aliphatic rings. The normalized spacial score (nSPS) is 24.8. The average Bonchev–Trinajstić information content (AvgIpc) is 2.61. The lowest BCUT2D eigenvalue weighted by atomic mass is 10.3. The summed E-state index contributed by atoms with van der Waals surface area (Å²) in [6, 6.07) is 0.684. The molecule has 72 valence electrons. The Bertz CT molecular complexity index is 247. The van der Waals surface area contributed by atoms with Gasteiger partial charge in [0.2, 0.25) is 0 Å². The lowest BCUT2D eigenvalue weighted by Crippen LogP contribution is -2.39. The van der Waals surface area contributed by atoms with E-state index in [2.05, 4.69) is 21.8 Å². The van der Waals surface area contributed by atoms with Gasteiger partial charge in [-0.15, -0.1) is 0 Å². The van der Waals surface area contributed by atoms with Crippen LogP contribution in [0.2, 0.25) is 0 Å². The van der Waals surface area contributed by atoms with Crippen LogP contribution < -0.4 is 0 Å². The van der Waals surface area contributed by atoms with Gasteiger partial charge in [0.15, 0.2) is 0 Å². The fourth-order valence-corrected chi connectivity index (χ4v) is 2.66.